The van der Waals surface area contributed by atoms with Gasteiger partial charge in [0.2, 0.25) is 5.75 Å². The van der Waals surface area contributed by atoms with Gasteiger partial charge in [-0.25, -0.2) is 4.79 Å². The van der Waals surface area contributed by atoms with E-state index in [0.29, 0.717) is 6.07 Å². The van der Waals surface area contributed by atoms with Crippen molar-refractivity contribution < 1.29 is 19.7 Å². The minimum Gasteiger partial charge on any atom is -0.504 e. The predicted octanol–water partition coefficient (Wildman–Crippen LogP) is -0.243. The quantitative estimate of drug-likeness (QED) is 0.467. The molecule has 1 aromatic rings. The Labute approximate surface area is 54.8 Å². The van der Waals surface area contributed by atoms with Crippen molar-refractivity contribution in [3.63, 3.8) is 0 Å². The first-order valence-corrected chi connectivity index (χ1v) is 2.36. The maximum Gasteiger partial charge on any atom is 0.342 e. The molecule has 0 aliphatic heterocycles. The van der Waals surface area contributed by atoms with Crippen LogP contribution in [0.2, 0.25) is 0 Å². The Kier molecular flexibility index (Phi) is 1.26. The van der Waals surface area contributed by atoms with E-state index in [-0.39, 0.29) is 0 Å². The van der Waals surface area contributed by atoms with Crippen LogP contribution in [0, 0.1) is 0 Å². The van der Waals surface area contributed by atoms with Crippen LogP contribution >= 0.6 is 0 Å². The second-order valence-electron chi connectivity index (χ2n) is 1.60. The summed E-state index contributed by atoms with van der Waals surface area (Å²) in [5.74, 6) is -2.52. The summed E-state index contributed by atoms with van der Waals surface area (Å²) < 4.78 is 3.98. The van der Waals surface area contributed by atoms with Crippen molar-refractivity contribution >= 4 is 0 Å². The second kappa shape index (κ2) is 1.94. The fourth-order valence-electron chi connectivity index (χ4n) is 0.463. The summed E-state index contributed by atoms with van der Waals surface area (Å²) >= 11 is 0. The van der Waals surface area contributed by atoms with E-state index in [4.69, 9.17) is 15.3 Å². The summed E-state index contributed by atoms with van der Waals surface area (Å²) in [6.45, 7) is 0. The fourth-order valence-corrected chi connectivity index (χ4v) is 0.463. The van der Waals surface area contributed by atoms with Crippen LogP contribution in [0.3, 0.4) is 0 Å². The molecule has 1 rings (SSSR count). The molecule has 0 aliphatic rings. The fraction of sp³-hybridized carbons (Fsp3) is 0. The molecule has 0 amide bonds. The molecule has 0 bridgehead atoms. The van der Waals surface area contributed by atoms with Gasteiger partial charge in [0.15, 0.2) is 5.75 Å². The first-order chi connectivity index (χ1) is 4.61. The Balaban J connectivity index is 3.46. The molecule has 5 nitrogen and oxygen atoms in total. The lowest BCUT2D eigenvalue weighted by Gasteiger charge is -1.94. The van der Waals surface area contributed by atoms with Crippen LogP contribution < -0.4 is 5.63 Å². The van der Waals surface area contributed by atoms with Gasteiger partial charge < -0.3 is 19.7 Å². The Morgan fingerprint density at radius 2 is 1.90 bits per heavy atom. The topological polar surface area (TPSA) is 90.9 Å². The molecule has 0 fully saturated rings. The number of hydrogen-bond acceptors (Lipinski definition) is 5. The normalized spacial score (nSPS) is 9.60. The number of aromatic hydroxyl groups is 3. The van der Waals surface area contributed by atoms with Crippen LogP contribution in [0.25, 0.3) is 0 Å². The smallest absolute Gasteiger partial charge is 0.342 e. The highest BCUT2D eigenvalue weighted by atomic mass is 16.5. The molecule has 1 aromatic heterocycles. The molecule has 0 spiro atoms. The molecule has 0 radical (unpaired) electrons. The van der Waals surface area contributed by atoms with Crippen molar-refractivity contribution in [2.24, 2.45) is 0 Å². The molecule has 0 saturated carbocycles. The first-order valence-electron chi connectivity index (χ1n) is 2.36. The Bertz CT molecular complexity index is 273. The van der Waals surface area contributed by atoms with Gasteiger partial charge in [-0.3, -0.25) is 0 Å². The van der Waals surface area contributed by atoms with Gasteiger partial charge in [0, 0.05) is 0 Å². The third kappa shape index (κ3) is 0.883. The van der Waals surface area contributed by atoms with Crippen LogP contribution in [-0.4, -0.2) is 15.3 Å². The zero-order chi connectivity index (χ0) is 7.72. The van der Waals surface area contributed by atoms with Crippen molar-refractivity contribution in [1.82, 2.24) is 0 Å². The Morgan fingerprint density at radius 3 is 2.40 bits per heavy atom. The van der Waals surface area contributed by atoms with E-state index in [1.807, 2.05) is 0 Å². The molecular formula is C5H4O5. The van der Waals surface area contributed by atoms with E-state index in [2.05, 4.69) is 4.42 Å². The molecule has 10 heavy (non-hydrogen) atoms. The monoisotopic (exact) mass is 144 g/mol. The van der Waals surface area contributed by atoms with Crippen molar-refractivity contribution in [1.29, 1.82) is 0 Å². The highest BCUT2D eigenvalue weighted by Gasteiger charge is 2.08. The van der Waals surface area contributed by atoms with Crippen LogP contribution in [0.5, 0.6) is 17.4 Å². The van der Waals surface area contributed by atoms with Gasteiger partial charge in [-0.05, 0) is 0 Å². The second-order valence-corrected chi connectivity index (χ2v) is 1.60. The number of hydrogen-bond donors (Lipinski definition) is 3. The summed E-state index contributed by atoms with van der Waals surface area (Å²) in [6.07, 6.45) is 0. The molecule has 0 atom stereocenters. The molecule has 0 unspecified atom stereocenters. The summed E-state index contributed by atoms with van der Waals surface area (Å²) in [7, 11) is 0. The van der Waals surface area contributed by atoms with Gasteiger partial charge in [0.05, 0.1) is 6.07 Å². The van der Waals surface area contributed by atoms with Gasteiger partial charge in [0.25, 0.3) is 0 Å². The van der Waals surface area contributed by atoms with E-state index < -0.39 is 23.1 Å². The maximum atomic E-state index is 10.3. The van der Waals surface area contributed by atoms with Gasteiger partial charge in [-0.15, -0.1) is 0 Å². The molecular weight excluding hydrogens is 140 g/mol. The van der Waals surface area contributed by atoms with Crippen LogP contribution in [0.4, 0.5) is 0 Å². The summed E-state index contributed by atoms with van der Waals surface area (Å²) in [4.78, 5) is 10.3. The van der Waals surface area contributed by atoms with E-state index in [1.54, 1.807) is 0 Å². The van der Waals surface area contributed by atoms with Gasteiger partial charge in [-0.2, -0.15) is 0 Å². The molecule has 5 heteroatoms. The van der Waals surface area contributed by atoms with Crippen molar-refractivity contribution in [2.75, 3.05) is 0 Å². The Hall–Kier alpha value is -1.65. The van der Waals surface area contributed by atoms with Crippen molar-refractivity contribution in [2.45, 2.75) is 0 Å². The SMILES string of the molecule is O=c1cc(O)c(O)c(O)o1. The molecule has 0 aromatic carbocycles. The van der Waals surface area contributed by atoms with Gasteiger partial charge >= 0.3 is 11.6 Å². The van der Waals surface area contributed by atoms with Crippen LogP contribution in [0.1, 0.15) is 0 Å². The maximum absolute atomic E-state index is 10.3. The molecule has 1 heterocycles. The van der Waals surface area contributed by atoms with Crippen molar-refractivity contribution in [3.8, 4) is 17.4 Å². The largest absolute Gasteiger partial charge is 0.504 e. The lowest BCUT2D eigenvalue weighted by Crippen LogP contribution is -1.93. The Morgan fingerprint density at radius 1 is 1.30 bits per heavy atom. The molecule has 0 saturated heterocycles. The average molecular weight is 144 g/mol. The van der Waals surface area contributed by atoms with E-state index in [1.165, 1.54) is 0 Å². The lowest BCUT2D eigenvalue weighted by atomic mass is 10.4. The zero-order valence-corrected chi connectivity index (χ0v) is 4.74. The van der Waals surface area contributed by atoms with Crippen molar-refractivity contribution in [3.05, 3.63) is 16.5 Å². The molecule has 54 valence electrons. The summed E-state index contributed by atoms with van der Waals surface area (Å²) in [6, 6.07) is 0.648. The minimum absolute atomic E-state index is 0.648. The third-order valence-electron chi connectivity index (χ3n) is 0.897. The molecule has 0 aliphatic carbocycles. The highest BCUT2D eigenvalue weighted by Crippen LogP contribution is 2.30. The van der Waals surface area contributed by atoms with Crippen LogP contribution in [-0.2, 0) is 0 Å². The van der Waals surface area contributed by atoms with Gasteiger partial charge in [0.1, 0.15) is 0 Å². The third-order valence-corrected chi connectivity index (χ3v) is 0.897. The lowest BCUT2D eigenvalue weighted by molar-refractivity contribution is 0.267. The van der Waals surface area contributed by atoms with E-state index in [0.717, 1.165) is 0 Å². The predicted molar refractivity (Wildman–Crippen MR) is 30.0 cm³/mol. The summed E-state index contributed by atoms with van der Waals surface area (Å²) in [5.41, 5.74) is -0.923. The number of rotatable bonds is 0. The first kappa shape index (κ1) is 6.47. The van der Waals surface area contributed by atoms with E-state index in [9.17, 15) is 4.79 Å². The zero-order valence-electron chi connectivity index (χ0n) is 4.74. The van der Waals surface area contributed by atoms with E-state index >= 15 is 0 Å². The molecule has 3 N–H and O–H groups in total. The van der Waals surface area contributed by atoms with Crippen LogP contribution in [0.15, 0.2) is 15.3 Å². The minimum atomic E-state index is -0.981. The average Bonchev–Trinajstić information content (AvgIpc) is 1.82. The standard InChI is InChI=1S/C5H4O5/c6-2-1-3(7)10-5(9)4(2)8/h1,6,8-9H. The summed E-state index contributed by atoms with van der Waals surface area (Å²) in [5, 5.41) is 25.7. The van der Waals surface area contributed by atoms with Gasteiger partial charge in [-0.1, -0.05) is 0 Å². The highest BCUT2D eigenvalue weighted by molar-refractivity contribution is 5.40.